The number of likely N-dealkylation sites (tertiary alicyclic amines) is 1. The fraction of sp³-hybridized carbons (Fsp3) is 0.583. The highest BCUT2D eigenvalue weighted by Gasteiger charge is 2.46. The zero-order valence-electron chi connectivity index (χ0n) is 17.7. The first kappa shape index (κ1) is 19.6. The Morgan fingerprint density at radius 3 is 2.73 bits per heavy atom. The van der Waals surface area contributed by atoms with Crippen LogP contribution in [0.4, 0.5) is 10.5 Å². The second-order valence-electron chi connectivity index (χ2n) is 9.20. The first-order chi connectivity index (χ1) is 14.6. The monoisotopic (exact) mass is 409 g/mol. The lowest BCUT2D eigenvalue weighted by molar-refractivity contribution is 0.00908. The number of carbonyl (C=O) groups is 2. The average Bonchev–Trinajstić information content (AvgIpc) is 2.78. The van der Waals surface area contributed by atoms with Crippen LogP contribution in [0.25, 0.3) is 0 Å². The van der Waals surface area contributed by atoms with Crippen molar-refractivity contribution in [1.29, 1.82) is 0 Å². The molecule has 6 nitrogen and oxygen atoms in total. The molecule has 0 unspecified atom stereocenters. The minimum atomic E-state index is -0.372. The van der Waals surface area contributed by atoms with Crippen molar-refractivity contribution in [2.24, 2.45) is 11.8 Å². The number of esters is 1. The molecular weight excluding hydrogens is 378 g/mol. The van der Waals surface area contributed by atoms with E-state index in [0.29, 0.717) is 23.1 Å². The van der Waals surface area contributed by atoms with Gasteiger partial charge in [-0.05, 0) is 74.8 Å². The number of hydrogen-bond acceptors (Lipinski definition) is 4. The fourth-order valence-corrected chi connectivity index (χ4v) is 6.20. The molecule has 1 N–H and O–H groups in total. The zero-order valence-corrected chi connectivity index (χ0v) is 17.7. The van der Waals surface area contributed by atoms with Gasteiger partial charge in [-0.3, -0.25) is 4.90 Å². The molecule has 3 heterocycles. The minimum absolute atomic E-state index is 0.0318. The molecule has 6 heteroatoms. The first-order valence-electron chi connectivity index (χ1n) is 11.3. The Kier molecular flexibility index (Phi) is 5.27. The third-order valence-corrected chi connectivity index (χ3v) is 7.48. The summed E-state index contributed by atoms with van der Waals surface area (Å²) in [5.74, 6) is 0.838. The SMILES string of the molecule is COC(=O)c1ccc(NC(=O)N2CCCC3=C[C@@H]4C[C@@H](CN5CCCC[C@H]45)[C@@H]32)cc1. The van der Waals surface area contributed by atoms with E-state index in [9.17, 15) is 9.59 Å². The largest absolute Gasteiger partial charge is 0.465 e. The van der Waals surface area contributed by atoms with Gasteiger partial charge >= 0.3 is 12.0 Å². The predicted octanol–water partition coefficient (Wildman–Crippen LogP) is 3.90. The Balaban J connectivity index is 1.33. The van der Waals surface area contributed by atoms with Gasteiger partial charge in [-0.2, -0.15) is 0 Å². The molecule has 1 aromatic carbocycles. The van der Waals surface area contributed by atoms with E-state index in [-0.39, 0.29) is 18.0 Å². The van der Waals surface area contributed by atoms with Crippen LogP contribution < -0.4 is 5.32 Å². The third kappa shape index (κ3) is 3.51. The molecule has 3 fully saturated rings. The zero-order chi connectivity index (χ0) is 20.7. The van der Waals surface area contributed by atoms with E-state index in [1.807, 2.05) is 0 Å². The van der Waals surface area contributed by atoms with E-state index in [1.165, 1.54) is 44.9 Å². The summed E-state index contributed by atoms with van der Waals surface area (Å²) in [4.78, 5) is 29.6. The molecule has 160 valence electrons. The molecule has 4 aliphatic rings. The number of ether oxygens (including phenoxy) is 1. The summed E-state index contributed by atoms with van der Waals surface area (Å²) in [5, 5.41) is 3.05. The number of carbonyl (C=O) groups excluding carboxylic acids is 2. The second-order valence-corrected chi connectivity index (χ2v) is 9.20. The van der Waals surface area contributed by atoms with Crippen LogP contribution in [0.3, 0.4) is 0 Å². The van der Waals surface area contributed by atoms with Crippen LogP contribution in [0.1, 0.15) is 48.9 Å². The van der Waals surface area contributed by atoms with Gasteiger partial charge in [0.05, 0.1) is 18.7 Å². The van der Waals surface area contributed by atoms with Crippen molar-refractivity contribution in [3.05, 3.63) is 41.5 Å². The molecule has 4 atom stereocenters. The van der Waals surface area contributed by atoms with Gasteiger partial charge in [0.25, 0.3) is 0 Å². The summed E-state index contributed by atoms with van der Waals surface area (Å²) in [6, 6.07) is 7.82. The average molecular weight is 410 g/mol. The number of amides is 2. The smallest absolute Gasteiger partial charge is 0.337 e. The van der Waals surface area contributed by atoms with Gasteiger partial charge in [-0.25, -0.2) is 9.59 Å². The summed E-state index contributed by atoms with van der Waals surface area (Å²) in [6.45, 7) is 3.14. The molecule has 3 saturated heterocycles. The Morgan fingerprint density at radius 2 is 1.93 bits per heavy atom. The molecule has 0 radical (unpaired) electrons. The maximum atomic E-state index is 13.2. The molecule has 5 rings (SSSR count). The lowest BCUT2D eigenvalue weighted by atomic mass is 9.68. The third-order valence-electron chi connectivity index (χ3n) is 7.48. The normalized spacial score (nSPS) is 30.6. The summed E-state index contributed by atoms with van der Waals surface area (Å²) in [6.07, 6.45) is 9.91. The number of methoxy groups -OCH3 is 1. The molecular formula is C24H31N3O3. The van der Waals surface area contributed by atoms with Crippen LogP contribution in [0.2, 0.25) is 0 Å². The van der Waals surface area contributed by atoms with Crippen LogP contribution in [-0.2, 0) is 4.74 Å². The maximum Gasteiger partial charge on any atom is 0.337 e. The van der Waals surface area contributed by atoms with Gasteiger partial charge in [0.2, 0.25) is 0 Å². The topological polar surface area (TPSA) is 61.9 Å². The Labute approximate surface area is 178 Å². The van der Waals surface area contributed by atoms with Crippen molar-refractivity contribution >= 4 is 17.7 Å². The predicted molar refractivity (Wildman–Crippen MR) is 115 cm³/mol. The van der Waals surface area contributed by atoms with E-state index in [2.05, 4.69) is 21.2 Å². The summed E-state index contributed by atoms with van der Waals surface area (Å²) in [7, 11) is 1.37. The Morgan fingerprint density at radius 1 is 1.10 bits per heavy atom. The highest BCUT2D eigenvalue weighted by atomic mass is 16.5. The van der Waals surface area contributed by atoms with E-state index < -0.39 is 0 Å². The molecule has 3 aliphatic heterocycles. The van der Waals surface area contributed by atoms with Crippen molar-refractivity contribution in [2.45, 2.75) is 50.6 Å². The van der Waals surface area contributed by atoms with Crippen molar-refractivity contribution in [3.8, 4) is 0 Å². The number of anilines is 1. The van der Waals surface area contributed by atoms with Gasteiger partial charge in [0.15, 0.2) is 0 Å². The van der Waals surface area contributed by atoms with Gasteiger partial charge in [0, 0.05) is 24.8 Å². The highest BCUT2D eigenvalue weighted by molar-refractivity contribution is 5.92. The number of urea groups is 1. The van der Waals surface area contributed by atoms with Crippen LogP contribution in [0.5, 0.6) is 0 Å². The lowest BCUT2D eigenvalue weighted by Crippen LogP contribution is -2.60. The van der Waals surface area contributed by atoms with Crippen molar-refractivity contribution < 1.29 is 14.3 Å². The highest BCUT2D eigenvalue weighted by Crippen LogP contribution is 2.45. The summed E-state index contributed by atoms with van der Waals surface area (Å²) in [5.41, 5.74) is 2.68. The number of fused-ring (bicyclic) bond motifs is 6. The molecule has 1 aliphatic carbocycles. The van der Waals surface area contributed by atoms with E-state index in [0.717, 1.165) is 32.0 Å². The standard InChI is InChI=1S/C24H31N3O3/c1-30-23(28)16-7-9-20(10-8-16)25-24(29)27-12-4-5-17-13-18-14-19(22(17)27)15-26-11-3-2-6-21(18)26/h7-10,13,18-19,21-22H,2-6,11-12,14-15H2,1H3,(H,25,29)/t18-,19+,21-,22-/m1/s1. The fourth-order valence-electron chi connectivity index (χ4n) is 6.20. The van der Waals surface area contributed by atoms with Crippen molar-refractivity contribution in [2.75, 3.05) is 32.1 Å². The van der Waals surface area contributed by atoms with Crippen molar-refractivity contribution in [3.63, 3.8) is 0 Å². The quantitative estimate of drug-likeness (QED) is 0.594. The molecule has 0 spiro atoms. The number of nitrogens with one attached hydrogen (secondary N) is 1. The van der Waals surface area contributed by atoms with Gasteiger partial charge < -0.3 is 15.0 Å². The molecule has 30 heavy (non-hydrogen) atoms. The summed E-state index contributed by atoms with van der Waals surface area (Å²) >= 11 is 0. The van der Waals surface area contributed by atoms with Crippen molar-refractivity contribution in [1.82, 2.24) is 9.80 Å². The number of hydrogen-bond donors (Lipinski definition) is 1. The molecule has 2 amide bonds. The lowest BCUT2D eigenvalue weighted by Gasteiger charge is -2.54. The number of nitrogens with zero attached hydrogens (tertiary/aromatic N) is 2. The maximum absolute atomic E-state index is 13.2. The summed E-state index contributed by atoms with van der Waals surface area (Å²) < 4.78 is 4.74. The van der Waals surface area contributed by atoms with E-state index >= 15 is 0 Å². The van der Waals surface area contributed by atoms with Crippen LogP contribution in [0.15, 0.2) is 35.9 Å². The van der Waals surface area contributed by atoms with Gasteiger partial charge in [0.1, 0.15) is 0 Å². The van der Waals surface area contributed by atoms with E-state index in [4.69, 9.17) is 4.74 Å². The molecule has 1 aromatic rings. The first-order valence-corrected chi connectivity index (χ1v) is 11.3. The van der Waals surface area contributed by atoms with Gasteiger partial charge in [-0.1, -0.05) is 18.1 Å². The number of benzene rings is 1. The number of piperidine rings is 3. The Bertz CT molecular complexity index is 850. The van der Waals surface area contributed by atoms with Crippen LogP contribution >= 0.6 is 0 Å². The molecule has 2 bridgehead atoms. The Hall–Kier alpha value is -2.34. The second kappa shape index (κ2) is 8.06. The van der Waals surface area contributed by atoms with Crippen LogP contribution in [0, 0.1) is 11.8 Å². The minimum Gasteiger partial charge on any atom is -0.465 e. The van der Waals surface area contributed by atoms with E-state index in [1.54, 1.807) is 24.3 Å². The molecule has 0 aromatic heterocycles. The number of rotatable bonds is 2. The molecule has 0 saturated carbocycles. The van der Waals surface area contributed by atoms with Crippen LogP contribution in [-0.4, -0.2) is 60.6 Å². The van der Waals surface area contributed by atoms with Gasteiger partial charge in [-0.15, -0.1) is 0 Å².